The van der Waals surface area contributed by atoms with Gasteiger partial charge in [-0.05, 0) is 91.7 Å². The zero-order valence-electron chi connectivity index (χ0n) is 20.2. The number of benzene rings is 2. The Morgan fingerprint density at radius 3 is 2.44 bits per heavy atom. The van der Waals surface area contributed by atoms with Crippen LogP contribution >= 0.6 is 0 Å². The molecule has 0 amide bonds. The Kier molecular flexibility index (Phi) is 4.62. The van der Waals surface area contributed by atoms with Gasteiger partial charge in [-0.25, -0.2) is 0 Å². The molecule has 1 spiro atoms. The average molecular weight is 453 g/mol. The van der Waals surface area contributed by atoms with Crippen LogP contribution in [0.4, 0.5) is 0 Å². The number of aryl methyl sites for hydroxylation is 3. The van der Waals surface area contributed by atoms with Gasteiger partial charge in [-0.2, -0.15) is 5.26 Å². The molecule has 2 unspecified atom stereocenters. The number of nitrogens with two attached hydrogens (primary N) is 1. The minimum atomic E-state index is -0.708. The summed E-state index contributed by atoms with van der Waals surface area (Å²) in [6.07, 6.45) is 4.45. The maximum Gasteiger partial charge on any atom is 0.141 e. The standard InChI is InChI=1S/C29H32N4O/c1-18-4-7-23(26-19(2)33-34-20(26)3)11-25(18)29(31)14-28(29,15-30)24-8-5-21(6-9-24)10-22-12-27(13-22)16-32-17-27/h4-9,11,22,32H,10,12-14,16-17,31H2,1-3H3. The summed E-state index contributed by atoms with van der Waals surface area (Å²) in [5, 5.41) is 17.9. The van der Waals surface area contributed by atoms with Crippen molar-refractivity contribution in [1.29, 1.82) is 5.26 Å². The third kappa shape index (κ3) is 3.02. The molecule has 2 atom stereocenters. The van der Waals surface area contributed by atoms with Gasteiger partial charge in [0.25, 0.3) is 0 Å². The highest BCUT2D eigenvalue weighted by Crippen LogP contribution is 2.62. The molecule has 0 radical (unpaired) electrons. The molecule has 3 fully saturated rings. The minimum absolute atomic E-state index is 0.610. The molecule has 2 saturated carbocycles. The highest BCUT2D eigenvalue weighted by molar-refractivity contribution is 5.70. The van der Waals surface area contributed by atoms with E-state index in [2.05, 4.69) is 65.9 Å². The van der Waals surface area contributed by atoms with Gasteiger partial charge in [-0.1, -0.05) is 41.6 Å². The van der Waals surface area contributed by atoms with Gasteiger partial charge in [0.1, 0.15) is 11.2 Å². The number of nitrogens with one attached hydrogen (secondary N) is 1. The fraction of sp³-hybridized carbons (Fsp3) is 0.448. The number of hydrogen-bond acceptors (Lipinski definition) is 5. The van der Waals surface area contributed by atoms with Crippen LogP contribution in [0.3, 0.4) is 0 Å². The summed E-state index contributed by atoms with van der Waals surface area (Å²) in [7, 11) is 0. The first-order valence-electron chi connectivity index (χ1n) is 12.3. The molecule has 174 valence electrons. The average Bonchev–Trinajstić information content (AvgIpc) is 3.28. The highest BCUT2D eigenvalue weighted by Gasteiger charge is 2.68. The highest BCUT2D eigenvalue weighted by atomic mass is 16.5. The largest absolute Gasteiger partial charge is 0.361 e. The number of nitrogens with zero attached hydrogens (tertiary/aromatic N) is 2. The minimum Gasteiger partial charge on any atom is -0.361 e. The van der Waals surface area contributed by atoms with Crippen molar-refractivity contribution in [3.05, 3.63) is 76.2 Å². The third-order valence-corrected chi connectivity index (χ3v) is 8.83. The van der Waals surface area contributed by atoms with E-state index in [1.807, 2.05) is 13.8 Å². The molecule has 1 aromatic heterocycles. The van der Waals surface area contributed by atoms with E-state index >= 15 is 0 Å². The number of aromatic nitrogens is 1. The van der Waals surface area contributed by atoms with E-state index in [4.69, 9.17) is 10.3 Å². The lowest BCUT2D eigenvalue weighted by Crippen LogP contribution is -2.60. The molecule has 3 aliphatic rings. The maximum absolute atomic E-state index is 10.3. The zero-order chi connectivity index (χ0) is 23.7. The lowest BCUT2D eigenvalue weighted by Gasteiger charge is -2.54. The van der Waals surface area contributed by atoms with E-state index in [1.54, 1.807) is 0 Å². The SMILES string of the molecule is Cc1ccc(-c2c(C)noc2C)cc1C1(N)CC1(C#N)c1ccc(CC2CC3(CNC3)C2)cc1. The Morgan fingerprint density at radius 2 is 1.85 bits per heavy atom. The van der Waals surface area contributed by atoms with Crippen LogP contribution in [0, 0.1) is 43.4 Å². The summed E-state index contributed by atoms with van der Waals surface area (Å²) in [6, 6.07) is 17.6. The summed E-state index contributed by atoms with van der Waals surface area (Å²) < 4.78 is 5.39. The maximum atomic E-state index is 10.3. The molecular formula is C29H32N4O. The molecule has 5 heteroatoms. The van der Waals surface area contributed by atoms with Gasteiger partial charge in [0.2, 0.25) is 0 Å². The summed E-state index contributed by atoms with van der Waals surface area (Å²) in [5.74, 6) is 1.59. The molecule has 5 nitrogen and oxygen atoms in total. The van der Waals surface area contributed by atoms with Crippen molar-refractivity contribution in [3.8, 4) is 17.2 Å². The van der Waals surface area contributed by atoms with Crippen LogP contribution in [0.15, 0.2) is 47.0 Å². The molecule has 3 aromatic rings. The van der Waals surface area contributed by atoms with E-state index in [0.717, 1.165) is 51.6 Å². The van der Waals surface area contributed by atoms with Gasteiger partial charge in [0, 0.05) is 18.7 Å². The number of hydrogen-bond donors (Lipinski definition) is 2. The van der Waals surface area contributed by atoms with Crippen molar-refractivity contribution in [1.82, 2.24) is 10.5 Å². The molecule has 0 bridgehead atoms. The Balaban J connectivity index is 1.26. The van der Waals surface area contributed by atoms with Crippen molar-refractivity contribution in [2.24, 2.45) is 17.1 Å². The van der Waals surface area contributed by atoms with Gasteiger partial charge in [-0.15, -0.1) is 0 Å². The predicted octanol–water partition coefficient (Wildman–Crippen LogP) is 4.83. The van der Waals surface area contributed by atoms with Gasteiger partial charge in [0.05, 0.1) is 17.3 Å². The Bertz CT molecular complexity index is 1290. The molecule has 6 rings (SSSR count). The first-order chi connectivity index (χ1) is 16.3. The second-order valence-corrected chi connectivity index (χ2v) is 11.2. The topological polar surface area (TPSA) is 87.9 Å². The van der Waals surface area contributed by atoms with E-state index in [9.17, 15) is 5.26 Å². The van der Waals surface area contributed by atoms with Gasteiger partial charge >= 0.3 is 0 Å². The van der Waals surface area contributed by atoms with Crippen LogP contribution in [0.2, 0.25) is 0 Å². The van der Waals surface area contributed by atoms with Crippen molar-refractivity contribution >= 4 is 0 Å². The van der Waals surface area contributed by atoms with Crippen molar-refractivity contribution in [2.45, 2.75) is 57.4 Å². The quantitative estimate of drug-likeness (QED) is 0.579. The summed E-state index contributed by atoms with van der Waals surface area (Å²) >= 11 is 0. The van der Waals surface area contributed by atoms with E-state index in [1.165, 1.54) is 31.5 Å². The van der Waals surface area contributed by atoms with Gasteiger partial charge < -0.3 is 15.6 Å². The van der Waals surface area contributed by atoms with Crippen molar-refractivity contribution < 1.29 is 4.52 Å². The Morgan fingerprint density at radius 1 is 1.12 bits per heavy atom. The lowest BCUT2D eigenvalue weighted by atomic mass is 9.57. The molecule has 2 heterocycles. The van der Waals surface area contributed by atoms with Crippen LogP contribution in [-0.2, 0) is 17.4 Å². The molecule has 3 N–H and O–H groups in total. The first-order valence-corrected chi connectivity index (χ1v) is 12.3. The van der Waals surface area contributed by atoms with Crippen LogP contribution < -0.4 is 11.1 Å². The Hall–Kier alpha value is -2.94. The summed E-state index contributed by atoms with van der Waals surface area (Å²) in [5.41, 5.74) is 13.7. The van der Waals surface area contributed by atoms with Gasteiger partial charge in [0.15, 0.2) is 0 Å². The first kappa shape index (κ1) is 21.6. The van der Waals surface area contributed by atoms with E-state index in [0.29, 0.717) is 11.8 Å². The van der Waals surface area contributed by atoms with E-state index in [-0.39, 0.29) is 0 Å². The molecule has 1 aliphatic heterocycles. The lowest BCUT2D eigenvalue weighted by molar-refractivity contribution is 0.000891. The number of rotatable bonds is 5. The molecule has 34 heavy (non-hydrogen) atoms. The summed E-state index contributed by atoms with van der Waals surface area (Å²) in [4.78, 5) is 0. The second-order valence-electron chi connectivity index (χ2n) is 11.2. The summed E-state index contributed by atoms with van der Waals surface area (Å²) in [6.45, 7) is 8.35. The molecule has 1 saturated heterocycles. The van der Waals surface area contributed by atoms with Crippen LogP contribution in [0.25, 0.3) is 11.1 Å². The third-order valence-electron chi connectivity index (χ3n) is 8.83. The fourth-order valence-electron chi connectivity index (χ4n) is 6.75. The van der Waals surface area contributed by atoms with Crippen LogP contribution in [-0.4, -0.2) is 18.2 Å². The number of nitriles is 1. The predicted molar refractivity (Wildman–Crippen MR) is 132 cm³/mol. The molecule has 2 aromatic carbocycles. The van der Waals surface area contributed by atoms with Crippen molar-refractivity contribution in [3.63, 3.8) is 0 Å². The normalized spacial score (nSPS) is 27.1. The molecular weight excluding hydrogens is 420 g/mol. The second kappa shape index (κ2) is 7.28. The monoisotopic (exact) mass is 452 g/mol. The van der Waals surface area contributed by atoms with Crippen molar-refractivity contribution in [2.75, 3.05) is 13.1 Å². The fourth-order valence-corrected chi connectivity index (χ4v) is 6.75. The zero-order valence-corrected chi connectivity index (χ0v) is 20.2. The van der Waals surface area contributed by atoms with Crippen LogP contribution in [0.5, 0.6) is 0 Å². The smallest absolute Gasteiger partial charge is 0.141 e. The van der Waals surface area contributed by atoms with Crippen LogP contribution in [0.1, 0.15) is 53.0 Å². The Labute approximate surface area is 201 Å². The molecule has 2 aliphatic carbocycles. The van der Waals surface area contributed by atoms with Gasteiger partial charge in [-0.3, -0.25) is 0 Å². The van der Waals surface area contributed by atoms with E-state index < -0.39 is 11.0 Å².